The van der Waals surface area contributed by atoms with E-state index in [1.165, 1.54) is 12.1 Å². The van der Waals surface area contributed by atoms with Gasteiger partial charge in [0.15, 0.2) is 0 Å². The predicted molar refractivity (Wildman–Crippen MR) is 67.2 cm³/mol. The minimum Gasteiger partial charge on any atom is -0.481 e. The number of halogens is 3. The standard InChI is InChI=1S/C14H14F3NO3/c1-7(18-12(19)10-6-11(10)13(20)21)8-3-2-4-9(5-8)14(15,16)17/h2-5,7,10-11H,6H2,1H3,(H,18,19)(H,20,21)/t7-,10-,11+/m0/s1. The van der Waals surface area contributed by atoms with Gasteiger partial charge in [0, 0.05) is 0 Å². The second-order valence-corrected chi connectivity index (χ2v) is 5.14. The second kappa shape index (κ2) is 5.38. The maximum Gasteiger partial charge on any atom is 0.416 e. The molecular weight excluding hydrogens is 287 g/mol. The molecule has 1 aliphatic rings. The Hall–Kier alpha value is -2.05. The summed E-state index contributed by atoms with van der Waals surface area (Å²) in [6.07, 6.45) is -4.17. The molecule has 0 bridgehead atoms. The SMILES string of the molecule is C[C@H](NC(=O)[C@H]1C[C@H]1C(=O)O)c1cccc(C(F)(F)F)c1. The molecule has 4 nitrogen and oxygen atoms in total. The summed E-state index contributed by atoms with van der Waals surface area (Å²) in [5.41, 5.74) is -0.457. The third-order valence-electron chi connectivity index (χ3n) is 3.52. The van der Waals surface area contributed by atoms with Crippen LogP contribution in [0, 0.1) is 11.8 Å². The summed E-state index contributed by atoms with van der Waals surface area (Å²) >= 11 is 0. The van der Waals surface area contributed by atoms with Gasteiger partial charge in [-0.1, -0.05) is 12.1 Å². The van der Waals surface area contributed by atoms with Gasteiger partial charge in [-0.25, -0.2) is 0 Å². The van der Waals surface area contributed by atoms with Crippen molar-refractivity contribution in [3.05, 3.63) is 35.4 Å². The second-order valence-electron chi connectivity index (χ2n) is 5.14. The van der Waals surface area contributed by atoms with Gasteiger partial charge in [0.25, 0.3) is 0 Å². The Morgan fingerprint density at radius 2 is 2.00 bits per heavy atom. The predicted octanol–water partition coefficient (Wildman–Crippen LogP) is 2.60. The molecule has 0 saturated heterocycles. The van der Waals surface area contributed by atoms with Crippen LogP contribution in [0.15, 0.2) is 24.3 Å². The van der Waals surface area contributed by atoms with Gasteiger partial charge in [0.2, 0.25) is 5.91 Å². The van der Waals surface area contributed by atoms with E-state index >= 15 is 0 Å². The number of carboxylic acids is 1. The van der Waals surface area contributed by atoms with E-state index in [1.54, 1.807) is 6.92 Å². The first kappa shape index (κ1) is 15.3. The Balaban J connectivity index is 2.02. The minimum absolute atomic E-state index is 0.274. The molecule has 1 aromatic rings. The zero-order valence-corrected chi connectivity index (χ0v) is 11.1. The van der Waals surface area contributed by atoms with Crippen LogP contribution in [-0.2, 0) is 15.8 Å². The molecule has 21 heavy (non-hydrogen) atoms. The quantitative estimate of drug-likeness (QED) is 0.898. The van der Waals surface area contributed by atoms with E-state index in [4.69, 9.17) is 5.11 Å². The molecule has 3 atom stereocenters. The molecule has 1 fully saturated rings. The van der Waals surface area contributed by atoms with Crippen molar-refractivity contribution in [2.45, 2.75) is 25.6 Å². The van der Waals surface area contributed by atoms with Gasteiger partial charge in [0.1, 0.15) is 0 Å². The van der Waals surface area contributed by atoms with Crippen LogP contribution in [0.1, 0.15) is 30.5 Å². The third-order valence-corrected chi connectivity index (χ3v) is 3.52. The van der Waals surface area contributed by atoms with E-state index in [-0.39, 0.29) is 6.42 Å². The Kier molecular flexibility index (Phi) is 3.93. The number of hydrogen-bond donors (Lipinski definition) is 2. The summed E-state index contributed by atoms with van der Waals surface area (Å²) in [5, 5.41) is 11.3. The van der Waals surface area contributed by atoms with E-state index in [1.807, 2.05) is 0 Å². The first-order valence-corrected chi connectivity index (χ1v) is 6.40. The van der Waals surface area contributed by atoms with Crippen LogP contribution in [-0.4, -0.2) is 17.0 Å². The zero-order chi connectivity index (χ0) is 15.8. The fraction of sp³-hybridized carbons (Fsp3) is 0.429. The molecule has 0 spiro atoms. The lowest BCUT2D eigenvalue weighted by Gasteiger charge is -2.16. The van der Waals surface area contributed by atoms with Crippen LogP contribution < -0.4 is 5.32 Å². The summed E-state index contributed by atoms with van der Waals surface area (Å²) in [7, 11) is 0. The van der Waals surface area contributed by atoms with Gasteiger partial charge in [-0.15, -0.1) is 0 Å². The Morgan fingerprint density at radius 1 is 1.33 bits per heavy atom. The van der Waals surface area contributed by atoms with E-state index in [2.05, 4.69) is 5.32 Å². The monoisotopic (exact) mass is 301 g/mol. The number of carboxylic acid groups (broad SMARTS) is 1. The number of hydrogen-bond acceptors (Lipinski definition) is 2. The fourth-order valence-electron chi connectivity index (χ4n) is 2.15. The molecular formula is C14H14F3NO3. The normalized spacial score (nSPS) is 22.5. The zero-order valence-electron chi connectivity index (χ0n) is 11.1. The van der Waals surface area contributed by atoms with Gasteiger partial charge >= 0.3 is 12.1 Å². The number of benzene rings is 1. The maximum atomic E-state index is 12.6. The topological polar surface area (TPSA) is 66.4 Å². The fourth-order valence-corrected chi connectivity index (χ4v) is 2.15. The number of amides is 1. The molecule has 0 radical (unpaired) electrons. The van der Waals surface area contributed by atoms with Gasteiger partial charge < -0.3 is 10.4 Å². The largest absolute Gasteiger partial charge is 0.481 e. The van der Waals surface area contributed by atoms with Crippen molar-refractivity contribution in [2.75, 3.05) is 0 Å². The van der Waals surface area contributed by atoms with Crippen LogP contribution in [0.3, 0.4) is 0 Å². The molecule has 1 aromatic carbocycles. The molecule has 2 rings (SSSR count). The average molecular weight is 301 g/mol. The van der Waals surface area contributed by atoms with E-state index in [9.17, 15) is 22.8 Å². The van der Waals surface area contributed by atoms with Crippen LogP contribution in [0.2, 0.25) is 0 Å². The van der Waals surface area contributed by atoms with Crippen LogP contribution >= 0.6 is 0 Å². The van der Waals surface area contributed by atoms with Crippen molar-refractivity contribution in [2.24, 2.45) is 11.8 Å². The van der Waals surface area contributed by atoms with E-state index in [0.29, 0.717) is 5.56 Å². The number of aliphatic carboxylic acids is 1. The summed E-state index contributed by atoms with van der Waals surface area (Å²) < 4.78 is 37.9. The maximum absolute atomic E-state index is 12.6. The molecule has 1 aliphatic carbocycles. The third kappa shape index (κ3) is 3.53. The Labute approximate surface area is 119 Å². The van der Waals surface area contributed by atoms with E-state index < -0.39 is 41.5 Å². The van der Waals surface area contributed by atoms with Gasteiger partial charge in [-0.05, 0) is 31.0 Å². The number of nitrogens with one attached hydrogen (secondary N) is 1. The highest BCUT2D eigenvalue weighted by atomic mass is 19.4. The summed E-state index contributed by atoms with van der Waals surface area (Å²) in [6.45, 7) is 1.56. The lowest BCUT2D eigenvalue weighted by atomic mass is 10.0. The molecule has 0 aliphatic heterocycles. The molecule has 0 heterocycles. The number of rotatable bonds is 4. The van der Waals surface area contributed by atoms with Crippen LogP contribution in [0.25, 0.3) is 0 Å². The highest BCUT2D eigenvalue weighted by Crippen LogP contribution is 2.39. The lowest BCUT2D eigenvalue weighted by molar-refractivity contribution is -0.140. The molecule has 0 aromatic heterocycles. The molecule has 114 valence electrons. The van der Waals surface area contributed by atoms with Crippen molar-refractivity contribution in [1.29, 1.82) is 0 Å². The summed E-state index contributed by atoms with van der Waals surface area (Å²) in [4.78, 5) is 22.5. The summed E-state index contributed by atoms with van der Waals surface area (Å²) in [5.74, 6) is -2.73. The van der Waals surface area contributed by atoms with Crippen molar-refractivity contribution in [1.82, 2.24) is 5.32 Å². The number of alkyl halides is 3. The Morgan fingerprint density at radius 3 is 2.52 bits per heavy atom. The summed E-state index contributed by atoms with van der Waals surface area (Å²) in [6, 6.07) is 4.08. The van der Waals surface area contributed by atoms with Crippen molar-refractivity contribution < 1.29 is 27.9 Å². The molecule has 1 amide bonds. The van der Waals surface area contributed by atoms with Gasteiger partial charge in [0.05, 0.1) is 23.4 Å². The van der Waals surface area contributed by atoms with Crippen molar-refractivity contribution in [3.63, 3.8) is 0 Å². The van der Waals surface area contributed by atoms with Gasteiger partial charge in [-0.3, -0.25) is 9.59 Å². The lowest BCUT2D eigenvalue weighted by Crippen LogP contribution is -2.29. The Bertz CT molecular complexity index is 571. The van der Waals surface area contributed by atoms with Crippen LogP contribution in [0.4, 0.5) is 13.2 Å². The minimum atomic E-state index is -4.44. The van der Waals surface area contributed by atoms with Crippen LogP contribution in [0.5, 0.6) is 0 Å². The van der Waals surface area contributed by atoms with Crippen molar-refractivity contribution in [3.8, 4) is 0 Å². The number of carbonyl (C=O) groups is 2. The molecule has 7 heteroatoms. The smallest absolute Gasteiger partial charge is 0.416 e. The average Bonchev–Trinajstić information content (AvgIpc) is 3.18. The number of carbonyl (C=O) groups excluding carboxylic acids is 1. The molecule has 2 N–H and O–H groups in total. The van der Waals surface area contributed by atoms with Gasteiger partial charge in [-0.2, -0.15) is 13.2 Å². The first-order valence-electron chi connectivity index (χ1n) is 6.40. The highest BCUT2D eigenvalue weighted by molar-refractivity contribution is 5.89. The molecule has 0 unspecified atom stereocenters. The molecule has 1 saturated carbocycles. The highest BCUT2D eigenvalue weighted by Gasteiger charge is 2.48. The first-order chi connectivity index (χ1) is 9.70. The van der Waals surface area contributed by atoms with Crippen molar-refractivity contribution >= 4 is 11.9 Å². The van der Waals surface area contributed by atoms with E-state index in [0.717, 1.165) is 12.1 Å².